The molecule has 1 atom stereocenters. The molecule has 2 aromatic carbocycles. The molecule has 1 aromatic heterocycles. The van der Waals surface area contributed by atoms with Gasteiger partial charge < -0.3 is 14.7 Å². The van der Waals surface area contributed by atoms with Crippen LogP contribution in [0, 0.1) is 24.1 Å². The average Bonchev–Trinajstić information content (AvgIpc) is 2.83. The second kappa shape index (κ2) is 9.97. The Bertz CT molecular complexity index is 1390. The molecule has 7 heteroatoms. The van der Waals surface area contributed by atoms with Crippen LogP contribution in [0.3, 0.4) is 0 Å². The molecule has 0 aliphatic carbocycles. The molecule has 0 saturated carbocycles. The quantitative estimate of drug-likeness (QED) is 0.401. The van der Waals surface area contributed by atoms with Gasteiger partial charge in [-0.15, -0.1) is 6.42 Å². The minimum Gasteiger partial charge on any atom is -0.508 e. The second-order valence-corrected chi connectivity index (χ2v) is 9.16. The van der Waals surface area contributed by atoms with Crippen molar-refractivity contribution in [2.75, 3.05) is 25.1 Å². The van der Waals surface area contributed by atoms with Gasteiger partial charge in [-0.3, -0.25) is 0 Å². The third-order valence-corrected chi connectivity index (χ3v) is 6.52. The first kappa shape index (κ1) is 24.6. The van der Waals surface area contributed by atoms with E-state index in [2.05, 4.69) is 34.3 Å². The zero-order valence-corrected chi connectivity index (χ0v) is 20.8. The van der Waals surface area contributed by atoms with Gasteiger partial charge in [-0.2, -0.15) is 9.97 Å². The van der Waals surface area contributed by atoms with Crippen molar-refractivity contribution in [3.63, 3.8) is 0 Å². The monoisotopic (exact) mass is 491 g/mol. The molecule has 0 radical (unpaired) electrons. The first-order valence-electron chi connectivity index (χ1n) is 11.4. The van der Waals surface area contributed by atoms with Crippen molar-refractivity contribution < 1.29 is 14.2 Å². The number of phenolic OH excluding ortho intramolecular Hbond substituents is 1. The minimum atomic E-state index is -0.650. The van der Waals surface area contributed by atoms with Crippen molar-refractivity contribution in [2.24, 2.45) is 5.92 Å². The number of fused-ring (bicyclic) bond motifs is 1. The van der Waals surface area contributed by atoms with Gasteiger partial charge in [0.25, 0.3) is 0 Å². The van der Waals surface area contributed by atoms with Crippen LogP contribution >= 0.6 is 11.6 Å². The summed E-state index contributed by atoms with van der Waals surface area (Å²) < 4.78 is 21.6. The highest BCUT2D eigenvalue weighted by Crippen LogP contribution is 2.43. The van der Waals surface area contributed by atoms with Gasteiger partial charge in [0, 0.05) is 35.2 Å². The lowest BCUT2D eigenvalue weighted by molar-refractivity contribution is 0.379. The summed E-state index contributed by atoms with van der Waals surface area (Å²) in [5.74, 6) is 2.90. The number of piperidine rings is 1. The van der Waals surface area contributed by atoms with Crippen LogP contribution in [-0.2, 0) is 0 Å². The molecule has 5 nitrogen and oxygen atoms in total. The molecule has 1 aliphatic heterocycles. The Kier molecular flexibility index (Phi) is 7.00. The third-order valence-electron chi connectivity index (χ3n) is 6.23. The number of methoxy groups -OCH3 is 1. The zero-order chi connectivity index (χ0) is 25.3. The predicted molar refractivity (Wildman–Crippen MR) is 141 cm³/mol. The number of aromatic nitrogens is 2. The molecule has 4 rings (SSSR count). The number of terminal acetylenes is 1. The summed E-state index contributed by atoms with van der Waals surface area (Å²) in [7, 11) is 1.45. The van der Waals surface area contributed by atoms with E-state index in [1.54, 1.807) is 24.3 Å². The highest BCUT2D eigenvalue weighted by atomic mass is 35.5. The van der Waals surface area contributed by atoms with E-state index in [0.717, 1.165) is 25.9 Å². The maximum atomic E-state index is 16.3. The van der Waals surface area contributed by atoms with E-state index < -0.39 is 5.82 Å². The molecule has 1 unspecified atom stereocenters. The van der Waals surface area contributed by atoms with Gasteiger partial charge in [-0.05, 0) is 55.0 Å². The van der Waals surface area contributed by atoms with Crippen LogP contribution in [0.2, 0.25) is 5.02 Å². The number of hydrogen-bond donors (Lipinski definition) is 1. The van der Waals surface area contributed by atoms with Crippen LogP contribution in [0.25, 0.3) is 33.7 Å². The van der Waals surface area contributed by atoms with E-state index in [4.69, 9.17) is 22.8 Å². The van der Waals surface area contributed by atoms with E-state index in [0.29, 0.717) is 39.4 Å². The fourth-order valence-electron chi connectivity index (χ4n) is 4.69. The van der Waals surface area contributed by atoms with Crippen molar-refractivity contribution in [2.45, 2.75) is 26.7 Å². The molecule has 1 saturated heterocycles. The molecule has 0 spiro atoms. The molecule has 35 heavy (non-hydrogen) atoms. The summed E-state index contributed by atoms with van der Waals surface area (Å²) in [6.07, 6.45) is 11.4. The van der Waals surface area contributed by atoms with Crippen LogP contribution in [0.1, 0.15) is 37.8 Å². The second-order valence-electron chi connectivity index (χ2n) is 8.75. The van der Waals surface area contributed by atoms with Crippen molar-refractivity contribution >= 4 is 40.0 Å². The maximum absolute atomic E-state index is 16.3. The Labute approximate surface area is 209 Å². The molecule has 0 bridgehead atoms. The Hall–Kier alpha value is -3.56. The Morgan fingerprint density at radius 3 is 2.80 bits per heavy atom. The van der Waals surface area contributed by atoms with Crippen molar-refractivity contribution in [3.05, 3.63) is 52.8 Å². The van der Waals surface area contributed by atoms with E-state index in [1.807, 2.05) is 6.92 Å². The van der Waals surface area contributed by atoms with Crippen LogP contribution in [0.15, 0.2) is 30.9 Å². The molecule has 1 N–H and O–H groups in total. The van der Waals surface area contributed by atoms with Crippen LogP contribution in [0.4, 0.5) is 10.2 Å². The van der Waals surface area contributed by atoms with Crippen molar-refractivity contribution in [1.82, 2.24) is 9.97 Å². The number of hydrogen-bond acceptors (Lipinski definition) is 5. The van der Waals surface area contributed by atoms with Gasteiger partial charge in [-0.1, -0.05) is 43.2 Å². The number of allylic oxidation sites excluding steroid dienone is 2. The zero-order valence-electron chi connectivity index (χ0n) is 20.0. The summed E-state index contributed by atoms with van der Waals surface area (Å²) in [4.78, 5) is 11.0. The number of benzene rings is 2. The summed E-state index contributed by atoms with van der Waals surface area (Å²) >= 11 is 6.73. The van der Waals surface area contributed by atoms with Crippen molar-refractivity contribution in [1.29, 1.82) is 0 Å². The normalized spacial score (nSPS) is 16.0. The van der Waals surface area contributed by atoms with Gasteiger partial charge in [0.15, 0.2) is 5.82 Å². The summed E-state index contributed by atoms with van der Waals surface area (Å²) in [6, 6.07) is 4.73. The lowest BCUT2D eigenvalue weighted by Crippen LogP contribution is -2.35. The van der Waals surface area contributed by atoms with E-state index >= 15 is 4.39 Å². The topological polar surface area (TPSA) is 58.5 Å². The number of ether oxygens (including phenoxy) is 1. The lowest BCUT2D eigenvalue weighted by Gasteiger charge is -2.32. The summed E-state index contributed by atoms with van der Waals surface area (Å²) in [5.41, 5.74) is 1.94. The molecular weight excluding hydrogens is 465 g/mol. The molecular formula is C28H27ClFN3O2. The fraction of sp³-hybridized carbons (Fsp3) is 0.286. The highest BCUT2D eigenvalue weighted by Gasteiger charge is 2.26. The largest absolute Gasteiger partial charge is 0.508 e. The summed E-state index contributed by atoms with van der Waals surface area (Å²) in [6.45, 7) is 9.57. The van der Waals surface area contributed by atoms with Crippen LogP contribution in [0.5, 0.6) is 11.8 Å². The van der Waals surface area contributed by atoms with E-state index in [-0.39, 0.29) is 27.9 Å². The van der Waals surface area contributed by atoms with Crippen molar-refractivity contribution in [3.8, 4) is 35.2 Å². The van der Waals surface area contributed by atoms with E-state index in [9.17, 15) is 5.11 Å². The molecule has 1 aliphatic rings. The average molecular weight is 492 g/mol. The smallest absolute Gasteiger partial charge is 0.318 e. The number of aromatic hydroxyl groups is 1. The number of phenols is 1. The fourth-order valence-corrected chi connectivity index (χ4v) is 4.98. The highest BCUT2D eigenvalue weighted by molar-refractivity contribution is 6.34. The van der Waals surface area contributed by atoms with Crippen LogP contribution < -0.4 is 9.64 Å². The van der Waals surface area contributed by atoms with Gasteiger partial charge >= 0.3 is 6.01 Å². The predicted octanol–water partition coefficient (Wildman–Crippen LogP) is 6.72. The number of halogens is 2. The minimum absolute atomic E-state index is 0.0551. The first-order chi connectivity index (χ1) is 16.8. The van der Waals surface area contributed by atoms with E-state index in [1.165, 1.54) is 13.2 Å². The molecule has 0 amide bonds. The molecule has 2 heterocycles. The summed E-state index contributed by atoms with van der Waals surface area (Å²) in [5, 5.41) is 11.1. The number of nitrogens with zero attached hydrogens (tertiary/aromatic N) is 3. The van der Waals surface area contributed by atoms with Gasteiger partial charge in [0.2, 0.25) is 0 Å². The van der Waals surface area contributed by atoms with Gasteiger partial charge in [0.1, 0.15) is 17.1 Å². The molecule has 180 valence electrons. The number of rotatable bonds is 5. The Balaban J connectivity index is 2.05. The molecule has 3 aromatic rings. The lowest BCUT2D eigenvalue weighted by atomic mass is 9.89. The first-order valence-corrected chi connectivity index (χ1v) is 11.8. The standard InChI is InChI=1S/C28H27ClFN3O2/c1-6-9-18-12-19(34)13-20(23(18)17(4)7-2)24-22(29)14-21-26(25(24)30)31-28(35-5)32-27(21)33-11-8-10-16(3)15-33/h2,6,9,12-14,16,34H,4,8,10-11,15H2,1,3,5H3/b9-6-. The van der Waals surface area contributed by atoms with Gasteiger partial charge in [0.05, 0.1) is 12.1 Å². The number of anilines is 1. The molecule has 1 fully saturated rings. The SMILES string of the molecule is C#CC(=C)c1c(/C=C\C)cc(O)cc1-c1c(Cl)cc2c(N3CCCC(C)C3)nc(OC)nc2c1F. The third kappa shape index (κ3) is 4.56. The maximum Gasteiger partial charge on any atom is 0.318 e. The van der Waals surface area contributed by atoms with Crippen LogP contribution in [-0.4, -0.2) is 35.3 Å². The Morgan fingerprint density at radius 2 is 2.14 bits per heavy atom. The van der Waals surface area contributed by atoms with Gasteiger partial charge in [-0.25, -0.2) is 4.39 Å². The Morgan fingerprint density at radius 1 is 1.37 bits per heavy atom.